The van der Waals surface area contributed by atoms with E-state index in [2.05, 4.69) is 10.1 Å². The molecule has 0 fully saturated rings. The van der Waals surface area contributed by atoms with Gasteiger partial charge in [0.25, 0.3) is 10.0 Å². The molecule has 2 aromatic rings. The second-order valence-corrected chi connectivity index (χ2v) is 11.7. The number of benzene rings is 2. The van der Waals surface area contributed by atoms with E-state index in [1.165, 1.54) is 18.2 Å². The minimum absolute atomic E-state index is 0.0404. The van der Waals surface area contributed by atoms with Gasteiger partial charge in [0.1, 0.15) is 17.7 Å². The molecule has 0 aliphatic carbocycles. The van der Waals surface area contributed by atoms with Crippen LogP contribution >= 0.6 is 11.6 Å². The topological polar surface area (TPSA) is 111 Å². The Kier molecular flexibility index (Phi) is 9.14. The molecule has 2 atom stereocenters. The van der Waals surface area contributed by atoms with Crippen LogP contribution in [-0.4, -0.2) is 51.5 Å². The zero-order valence-electron chi connectivity index (χ0n) is 21.8. The van der Waals surface area contributed by atoms with Gasteiger partial charge >= 0.3 is 18.2 Å². The third-order valence-electron chi connectivity index (χ3n) is 5.95. The third-order valence-corrected chi connectivity index (χ3v) is 8.02. The predicted octanol–water partition coefficient (Wildman–Crippen LogP) is 5.91. The summed E-state index contributed by atoms with van der Waals surface area (Å²) in [7, 11) is -4.41. The Morgan fingerprint density at radius 2 is 1.88 bits per heavy atom. The van der Waals surface area contributed by atoms with E-state index in [0.29, 0.717) is 13.8 Å². The van der Waals surface area contributed by atoms with Crippen molar-refractivity contribution in [1.82, 2.24) is 0 Å². The molecule has 1 amide bonds. The highest BCUT2D eigenvalue weighted by molar-refractivity contribution is 7.92. The molecule has 0 aromatic heterocycles. The maximum absolute atomic E-state index is 13.8. The van der Waals surface area contributed by atoms with E-state index in [-0.39, 0.29) is 41.6 Å². The first-order valence-corrected chi connectivity index (χ1v) is 13.8. The molecule has 15 heteroatoms. The number of rotatable bonds is 8. The number of nitrogens with one attached hydrogen (secondary N) is 1. The third kappa shape index (κ3) is 6.89. The zero-order valence-corrected chi connectivity index (χ0v) is 23.4. The molecule has 3 rings (SSSR count). The number of anilines is 2. The number of sulfonamides is 1. The lowest BCUT2D eigenvalue weighted by Crippen LogP contribution is -2.45. The van der Waals surface area contributed by atoms with Crippen LogP contribution in [0.5, 0.6) is 5.75 Å². The Bertz CT molecular complexity index is 1390. The van der Waals surface area contributed by atoms with Gasteiger partial charge in [-0.25, -0.2) is 17.6 Å². The number of amides is 1. The van der Waals surface area contributed by atoms with Crippen molar-refractivity contribution in [3.05, 3.63) is 47.2 Å². The number of carbonyl (C=O) groups is 2. The van der Waals surface area contributed by atoms with E-state index in [1.807, 2.05) is 0 Å². The van der Waals surface area contributed by atoms with Gasteiger partial charge in [-0.15, -0.1) is 0 Å². The molecule has 220 valence electrons. The molecule has 1 N–H and O–H groups in total. The average molecular weight is 611 g/mol. The van der Waals surface area contributed by atoms with Crippen LogP contribution in [0.25, 0.3) is 0 Å². The van der Waals surface area contributed by atoms with Crippen LogP contribution in [0.3, 0.4) is 0 Å². The van der Waals surface area contributed by atoms with Crippen molar-refractivity contribution in [2.75, 3.05) is 22.8 Å². The monoisotopic (exact) mass is 610 g/mol. The SMILES string of the molecule is CCOC(=O)[C@@H](C)C[C@H]1CN(S(=O)(=O)c2ccc(F)c(Cl)c2)c2cc(NC(=O)OC(C)(C)C(F)(F)F)ccc2O1. The number of fused-ring (bicyclic) bond motifs is 1. The Hall–Kier alpha value is -3.26. The van der Waals surface area contributed by atoms with Crippen LogP contribution in [0.1, 0.15) is 34.1 Å². The summed E-state index contributed by atoms with van der Waals surface area (Å²) >= 11 is 5.81. The molecule has 0 saturated carbocycles. The van der Waals surface area contributed by atoms with E-state index in [9.17, 15) is 35.6 Å². The van der Waals surface area contributed by atoms with Gasteiger partial charge in [0, 0.05) is 5.69 Å². The van der Waals surface area contributed by atoms with Gasteiger partial charge in [-0.05, 0) is 63.6 Å². The molecule has 0 radical (unpaired) electrons. The fraction of sp³-hybridized carbons (Fsp3) is 0.440. The molecule has 1 aliphatic heterocycles. The van der Waals surface area contributed by atoms with Crippen molar-refractivity contribution in [2.45, 2.75) is 56.9 Å². The van der Waals surface area contributed by atoms with Crippen molar-refractivity contribution >= 4 is 45.1 Å². The lowest BCUT2D eigenvalue weighted by atomic mass is 10.0. The summed E-state index contributed by atoms with van der Waals surface area (Å²) in [4.78, 5) is 24.0. The minimum atomic E-state index is -4.84. The van der Waals surface area contributed by atoms with Crippen LogP contribution in [0, 0.1) is 11.7 Å². The van der Waals surface area contributed by atoms with E-state index in [1.54, 1.807) is 13.8 Å². The maximum atomic E-state index is 13.8. The van der Waals surface area contributed by atoms with Crippen LogP contribution in [-0.2, 0) is 24.3 Å². The number of carbonyl (C=O) groups excluding carboxylic acids is 2. The normalized spacial score (nSPS) is 16.4. The van der Waals surface area contributed by atoms with Gasteiger partial charge in [0.2, 0.25) is 5.60 Å². The summed E-state index contributed by atoms with van der Waals surface area (Å²) < 4.78 is 96.8. The standard InChI is InChI=1S/C25H27ClF4N2O7S/c1-5-37-22(33)14(2)10-16-13-32(40(35,36)17-7-8-19(27)18(26)12-17)20-11-15(6-9-21(20)38-16)31-23(34)39-24(3,4)25(28,29)30/h6-9,11-12,14,16H,5,10,13H2,1-4H3,(H,31,34)/t14-,16-/m0/s1. The lowest BCUT2D eigenvalue weighted by molar-refractivity contribution is -0.242. The van der Waals surface area contributed by atoms with Crippen LogP contribution in [0.2, 0.25) is 5.02 Å². The second kappa shape index (κ2) is 11.7. The molecule has 0 saturated heterocycles. The number of esters is 1. The summed E-state index contributed by atoms with van der Waals surface area (Å²) in [5.74, 6) is -1.95. The molecule has 1 aliphatic rings. The Morgan fingerprint density at radius 3 is 2.48 bits per heavy atom. The number of halogens is 5. The van der Waals surface area contributed by atoms with Crippen molar-refractivity contribution in [3.63, 3.8) is 0 Å². The highest BCUT2D eigenvalue weighted by Crippen LogP contribution is 2.41. The summed E-state index contributed by atoms with van der Waals surface area (Å²) in [6, 6.07) is 6.58. The summed E-state index contributed by atoms with van der Waals surface area (Å²) in [5.41, 5.74) is -2.97. The van der Waals surface area contributed by atoms with Gasteiger partial charge in [0.05, 0.1) is 34.7 Å². The fourth-order valence-corrected chi connectivity index (χ4v) is 5.48. The van der Waals surface area contributed by atoms with Crippen LogP contribution < -0.4 is 14.4 Å². The number of ether oxygens (including phenoxy) is 3. The summed E-state index contributed by atoms with van der Waals surface area (Å²) in [6.07, 6.45) is -7.02. The Balaban J connectivity index is 1.98. The molecule has 9 nitrogen and oxygen atoms in total. The predicted molar refractivity (Wildman–Crippen MR) is 137 cm³/mol. The molecule has 0 spiro atoms. The summed E-state index contributed by atoms with van der Waals surface area (Å²) in [6.45, 7) is 4.44. The van der Waals surface area contributed by atoms with Crippen molar-refractivity contribution < 1.29 is 49.8 Å². The minimum Gasteiger partial charge on any atom is -0.486 e. The molecule has 1 heterocycles. The van der Waals surface area contributed by atoms with Gasteiger partial charge in [-0.2, -0.15) is 13.2 Å². The highest BCUT2D eigenvalue weighted by atomic mass is 35.5. The maximum Gasteiger partial charge on any atom is 0.427 e. The van der Waals surface area contributed by atoms with Gasteiger partial charge < -0.3 is 14.2 Å². The average Bonchev–Trinajstić information content (AvgIpc) is 2.84. The van der Waals surface area contributed by atoms with Gasteiger partial charge in [0.15, 0.2) is 0 Å². The molecule has 0 unspecified atom stereocenters. The van der Waals surface area contributed by atoms with Crippen molar-refractivity contribution in [2.24, 2.45) is 5.92 Å². The first-order valence-electron chi connectivity index (χ1n) is 12.0. The smallest absolute Gasteiger partial charge is 0.427 e. The van der Waals surface area contributed by atoms with E-state index in [0.717, 1.165) is 22.5 Å². The van der Waals surface area contributed by atoms with Crippen LogP contribution in [0.4, 0.5) is 33.7 Å². The summed E-state index contributed by atoms with van der Waals surface area (Å²) in [5, 5.41) is 1.71. The number of hydrogen-bond acceptors (Lipinski definition) is 7. The van der Waals surface area contributed by atoms with Gasteiger partial charge in [-0.1, -0.05) is 18.5 Å². The number of alkyl halides is 3. The molecular weight excluding hydrogens is 584 g/mol. The van der Waals surface area contributed by atoms with Crippen LogP contribution in [0.15, 0.2) is 41.3 Å². The zero-order chi connectivity index (χ0) is 30.0. The Morgan fingerprint density at radius 1 is 1.20 bits per heavy atom. The molecule has 2 aromatic carbocycles. The Labute approximate surface area is 233 Å². The largest absolute Gasteiger partial charge is 0.486 e. The number of hydrogen-bond donors (Lipinski definition) is 1. The molecule has 40 heavy (non-hydrogen) atoms. The molecule has 0 bridgehead atoms. The number of nitrogens with zero attached hydrogens (tertiary/aromatic N) is 1. The highest BCUT2D eigenvalue weighted by Gasteiger charge is 2.51. The van der Waals surface area contributed by atoms with Crippen molar-refractivity contribution in [3.8, 4) is 5.75 Å². The van der Waals surface area contributed by atoms with E-state index in [4.69, 9.17) is 21.1 Å². The molecular formula is C25H27ClF4N2O7S. The van der Waals surface area contributed by atoms with Gasteiger partial charge in [-0.3, -0.25) is 14.4 Å². The van der Waals surface area contributed by atoms with E-state index >= 15 is 0 Å². The fourth-order valence-electron chi connectivity index (χ4n) is 3.71. The van der Waals surface area contributed by atoms with Crippen molar-refractivity contribution in [1.29, 1.82) is 0 Å². The first-order chi connectivity index (χ1) is 18.5. The lowest BCUT2D eigenvalue weighted by Gasteiger charge is -2.36. The quantitative estimate of drug-likeness (QED) is 0.292. The van der Waals surface area contributed by atoms with E-state index < -0.39 is 56.7 Å². The second-order valence-electron chi connectivity index (χ2n) is 9.45. The first kappa shape index (κ1) is 31.3.